The number of nitrogens with zero attached hydrogens (tertiary/aromatic N) is 1. The Morgan fingerprint density at radius 2 is 1.76 bits per heavy atom. The fourth-order valence-electron chi connectivity index (χ4n) is 3.94. The van der Waals surface area contributed by atoms with E-state index in [0.29, 0.717) is 48.3 Å². The van der Waals surface area contributed by atoms with Gasteiger partial charge in [-0.25, -0.2) is 14.2 Å². The Hall–Kier alpha value is -3.40. The molecule has 3 aromatic rings. The summed E-state index contributed by atoms with van der Waals surface area (Å²) >= 11 is 0. The van der Waals surface area contributed by atoms with Crippen LogP contribution in [0.5, 0.6) is 11.6 Å². The van der Waals surface area contributed by atoms with Crippen molar-refractivity contribution in [1.29, 1.82) is 0 Å². The van der Waals surface area contributed by atoms with E-state index in [1.165, 1.54) is 36.4 Å². The van der Waals surface area contributed by atoms with Crippen molar-refractivity contribution >= 4 is 16.7 Å². The van der Waals surface area contributed by atoms with Gasteiger partial charge in [0.15, 0.2) is 0 Å². The third kappa shape index (κ3) is 4.70. The number of halogens is 4. The quantitative estimate of drug-likeness (QED) is 0.514. The van der Waals surface area contributed by atoms with Gasteiger partial charge >= 0.3 is 12.1 Å². The number of carboxylic acid groups (broad SMARTS) is 1. The number of hydrogen-bond acceptors (Lipinski definition) is 5. The predicted octanol–water partition coefficient (Wildman–Crippen LogP) is 5.03. The summed E-state index contributed by atoms with van der Waals surface area (Å²) in [5, 5.41) is 19.5. The summed E-state index contributed by atoms with van der Waals surface area (Å²) in [6, 6.07) is 9.56. The van der Waals surface area contributed by atoms with Crippen molar-refractivity contribution in [3.8, 4) is 22.8 Å². The standard InChI is InChI=1S/C23H19F4NO5/c24-14-3-1-12(2-4-14)18-16-6-5-15(29)11-17(16)21(33-20(22(30)31)23(25,26)27)28-19(18)13-7-9-32-10-8-13/h1-6,11,13,20,29H,7-10H2,(H,30,31). The van der Waals surface area contributed by atoms with Crippen LogP contribution in [0.4, 0.5) is 17.6 Å². The Kier molecular flexibility index (Phi) is 6.11. The minimum atomic E-state index is -5.19. The smallest absolute Gasteiger partial charge is 0.436 e. The van der Waals surface area contributed by atoms with E-state index in [9.17, 15) is 27.5 Å². The van der Waals surface area contributed by atoms with Crippen molar-refractivity contribution < 1.29 is 42.0 Å². The monoisotopic (exact) mass is 465 g/mol. The largest absolute Gasteiger partial charge is 0.508 e. The Morgan fingerprint density at radius 3 is 2.36 bits per heavy atom. The SMILES string of the molecule is O=C(O)C(Oc1nc(C2CCOCC2)c(-c2ccc(F)cc2)c2ccc(O)cc12)C(F)(F)F. The number of alkyl halides is 3. The van der Waals surface area contributed by atoms with Crippen LogP contribution in [0, 0.1) is 5.82 Å². The molecule has 0 aliphatic carbocycles. The van der Waals surface area contributed by atoms with Crippen molar-refractivity contribution in [1.82, 2.24) is 4.98 Å². The molecule has 1 aliphatic heterocycles. The molecular formula is C23H19F4NO5. The highest BCUT2D eigenvalue weighted by Crippen LogP contribution is 2.43. The zero-order chi connectivity index (χ0) is 23.8. The van der Waals surface area contributed by atoms with E-state index < -0.39 is 29.9 Å². The molecule has 10 heteroatoms. The second-order valence-corrected chi connectivity index (χ2v) is 7.68. The number of pyridine rings is 1. The summed E-state index contributed by atoms with van der Waals surface area (Å²) in [7, 11) is 0. The van der Waals surface area contributed by atoms with Gasteiger partial charge in [-0.15, -0.1) is 0 Å². The highest BCUT2D eigenvalue weighted by Gasteiger charge is 2.48. The lowest BCUT2D eigenvalue weighted by Gasteiger charge is -2.26. The molecule has 33 heavy (non-hydrogen) atoms. The highest BCUT2D eigenvalue weighted by molar-refractivity contribution is 6.01. The molecule has 0 saturated carbocycles. The van der Waals surface area contributed by atoms with Gasteiger partial charge in [0.25, 0.3) is 6.10 Å². The molecule has 0 radical (unpaired) electrons. The number of hydrogen-bond donors (Lipinski definition) is 2. The molecule has 1 aromatic heterocycles. The van der Waals surface area contributed by atoms with Crippen LogP contribution in [-0.4, -0.2) is 46.7 Å². The van der Waals surface area contributed by atoms with E-state index in [-0.39, 0.29) is 17.1 Å². The number of rotatable bonds is 5. The van der Waals surface area contributed by atoms with E-state index in [1.807, 2.05) is 0 Å². The van der Waals surface area contributed by atoms with Crippen molar-refractivity contribution in [2.45, 2.75) is 31.0 Å². The average Bonchev–Trinajstić information content (AvgIpc) is 2.77. The van der Waals surface area contributed by atoms with Gasteiger partial charge in [0.05, 0.1) is 5.69 Å². The highest BCUT2D eigenvalue weighted by atomic mass is 19.4. The number of aliphatic carboxylic acids is 1. The van der Waals surface area contributed by atoms with Crippen LogP contribution in [-0.2, 0) is 9.53 Å². The molecule has 6 nitrogen and oxygen atoms in total. The Balaban J connectivity index is 1.99. The summed E-state index contributed by atoms with van der Waals surface area (Å²) < 4.78 is 63.9. The second-order valence-electron chi connectivity index (χ2n) is 7.68. The van der Waals surface area contributed by atoms with Gasteiger partial charge in [-0.05, 0) is 54.1 Å². The molecule has 1 atom stereocenters. The maximum absolute atomic E-state index is 13.6. The van der Waals surface area contributed by atoms with Crippen molar-refractivity contribution in [2.24, 2.45) is 0 Å². The molecule has 1 fully saturated rings. The molecule has 174 valence electrons. The number of carbonyl (C=O) groups is 1. The number of aromatic nitrogens is 1. The molecule has 0 amide bonds. The first-order valence-electron chi connectivity index (χ1n) is 10.1. The zero-order valence-electron chi connectivity index (χ0n) is 17.1. The molecule has 1 aliphatic rings. The Bertz CT molecular complexity index is 1170. The third-order valence-corrected chi connectivity index (χ3v) is 5.47. The summed E-state index contributed by atoms with van der Waals surface area (Å²) in [6.45, 7) is 0.832. The van der Waals surface area contributed by atoms with Gasteiger partial charge in [0.2, 0.25) is 5.88 Å². The maximum atomic E-state index is 13.6. The molecule has 2 aromatic carbocycles. The molecule has 0 bridgehead atoms. The first kappa shape index (κ1) is 22.8. The molecular weight excluding hydrogens is 446 g/mol. The topological polar surface area (TPSA) is 88.9 Å². The lowest BCUT2D eigenvalue weighted by atomic mass is 9.87. The fraction of sp³-hybridized carbons (Fsp3) is 0.304. The minimum absolute atomic E-state index is 0.000587. The number of fused-ring (bicyclic) bond motifs is 1. The normalized spacial score (nSPS) is 16.0. The molecule has 2 N–H and O–H groups in total. The first-order chi connectivity index (χ1) is 15.6. The number of carboxylic acids is 1. The summed E-state index contributed by atoms with van der Waals surface area (Å²) in [5.41, 5.74) is 1.51. The fourth-order valence-corrected chi connectivity index (χ4v) is 3.94. The van der Waals surface area contributed by atoms with Crippen LogP contribution in [0.1, 0.15) is 24.5 Å². The molecule has 2 heterocycles. The van der Waals surface area contributed by atoms with Crippen LogP contribution in [0.2, 0.25) is 0 Å². The second kappa shape index (κ2) is 8.86. The van der Waals surface area contributed by atoms with Crippen LogP contribution in [0.3, 0.4) is 0 Å². The van der Waals surface area contributed by atoms with E-state index >= 15 is 0 Å². The van der Waals surface area contributed by atoms with Crippen LogP contribution < -0.4 is 4.74 Å². The zero-order valence-corrected chi connectivity index (χ0v) is 17.1. The van der Waals surface area contributed by atoms with E-state index in [4.69, 9.17) is 14.6 Å². The average molecular weight is 465 g/mol. The molecule has 4 rings (SSSR count). The summed E-state index contributed by atoms with van der Waals surface area (Å²) in [6.07, 6.45) is -7.27. The van der Waals surface area contributed by atoms with Crippen molar-refractivity contribution in [3.63, 3.8) is 0 Å². The van der Waals surface area contributed by atoms with Gasteiger partial charge < -0.3 is 19.7 Å². The van der Waals surface area contributed by atoms with Gasteiger partial charge in [0.1, 0.15) is 11.6 Å². The third-order valence-electron chi connectivity index (χ3n) is 5.47. The Labute approximate surface area is 185 Å². The predicted molar refractivity (Wildman–Crippen MR) is 110 cm³/mol. The number of phenols is 1. The number of benzene rings is 2. The number of ether oxygens (including phenoxy) is 2. The van der Waals surface area contributed by atoms with Crippen LogP contribution in [0.25, 0.3) is 21.9 Å². The number of phenolic OH excluding ortho intramolecular Hbond substituents is 1. The summed E-state index contributed by atoms with van der Waals surface area (Å²) in [5.74, 6) is -3.72. The summed E-state index contributed by atoms with van der Waals surface area (Å²) in [4.78, 5) is 15.6. The maximum Gasteiger partial charge on any atom is 0.436 e. The van der Waals surface area contributed by atoms with Crippen molar-refractivity contribution in [2.75, 3.05) is 13.2 Å². The number of aromatic hydroxyl groups is 1. The van der Waals surface area contributed by atoms with Gasteiger partial charge in [-0.2, -0.15) is 13.2 Å². The first-order valence-corrected chi connectivity index (χ1v) is 10.1. The molecule has 1 unspecified atom stereocenters. The van der Waals surface area contributed by atoms with E-state index in [1.54, 1.807) is 0 Å². The van der Waals surface area contributed by atoms with Gasteiger partial charge in [-0.1, -0.05) is 12.1 Å². The van der Waals surface area contributed by atoms with Crippen molar-refractivity contribution in [3.05, 3.63) is 54.0 Å². The van der Waals surface area contributed by atoms with E-state index in [0.717, 1.165) is 6.07 Å². The van der Waals surface area contributed by atoms with Crippen LogP contribution >= 0.6 is 0 Å². The molecule has 1 saturated heterocycles. The minimum Gasteiger partial charge on any atom is -0.508 e. The van der Waals surface area contributed by atoms with Gasteiger partial charge in [0, 0.05) is 30.1 Å². The van der Waals surface area contributed by atoms with Crippen LogP contribution in [0.15, 0.2) is 42.5 Å². The van der Waals surface area contributed by atoms with E-state index in [2.05, 4.69) is 4.98 Å². The lowest BCUT2D eigenvalue weighted by Crippen LogP contribution is -2.41. The molecule has 0 spiro atoms. The lowest BCUT2D eigenvalue weighted by molar-refractivity contribution is -0.208. The van der Waals surface area contributed by atoms with Gasteiger partial charge in [-0.3, -0.25) is 0 Å². The Morgan fingerprint density at radius 1 is 1.09 bits per heavy atom.